The summed E-state index contributed by atoms with van der Waals surface area (Å²) in [7, 11) is -1.86. The van der Waals surface area contributed by atoms with Gasteiger partial charge >= 0.3 is 0 Å². The van der Waals surface area contributed by atoms with Gasteiger partial charge in [-0.2, -0.15) is 0 Å². The van der Waals surface area contributed by atoms with Crippen molar-refractivity contribution in [3.8, 4) is 0 Å². The van der Waals surface area contributed by atoms with E-state index in [1.165, 1.54) is 36.8 Å². The van der Waals surface area contributed by atoms with E-state index in [9.17, 15) is 0 Å². The Morgan fingerprint density at radius 2 is 0.795 bits per heavy atom. The Bertz CT molecular complexity index is 1340. The van der Waals surface area contributed by atoms with Crippen LogP contribution in [0.25, 0.3) is 12.2 Å². The molecule has 4 aliphatic carbocycles. The van der Waals surface area contributed by atoms with Crippen molar-refractivity contribution in [1.82, 2.24) is 0 Å². The molecule has 0 heterocycles. The lowest BCUT2D eigenvalue weighted by Crippen LogP contribution is -2.43. The van der Waals surface area contributed by atoms with Crippen molar-refractivity contribution in [1.29, 1.82) is 0 Å². The predicted octanol–water partition coefficient (Wildman–Crippen LogP) is 10.9. The number of fused-ring (bicyclic) bond motifs is 4. The number of benzene rings is 2. The van der Waals surface area contributed by atoms with Gasteiger partial charge in [0.15, 0.2) is 0 Å². The van der Waals surface area contributed by atoms with Gasteiger partial charge in [-0.1, -0.05) is 116 Å². The minimum Gasteiger partial charge on any atom is -0.0679 e. The van der Waals surface area contributed by atoms with E-state index in [2.05, 4.69) is 119 Å². The summed E-state index contributed by atoms with van der Waals surface area (Å²) in [6.45, 7) is 30.0. The highest BCUT2D eigenvalue weighted by atomic mass is 28.3. The molecule has 0 saturated heterocycles. The van der Waals surface area contributed by atoms with Crippen LogP contribution >= 0.6 is 0 Å². The zero-order valence-electron chi connectivity index (χ0n) is 26.9. The largest absolute Gasteiger partial charge is 0.0722 e. The summed E-state index contributed by atoms with van der Waals surface area (Å²) in [6.07, 6.45) is 10.2. The van der Waals surface area contributed by atoms with Crippen LogP contribution in [-0.2, 0) is 21.7 Å². The van der Waals surface area contributed by atoms with Crippen LogP contribution in [-0.4, -0.2) is 8.07 Å². The van der Waals surface area contributed by atoms with Crippen LogP contribution < -0.4 is 0 Å². The highest BCUT2D eigenvalue weighted by Gasteiger charge is 2.49. The average Bonchev–Trinajstić information content (AvgIpc) is 3.33. The fraction of sp³-hybridized carbons (Fsp3) is 0.579. The molecule has 6 rings (SSSR count). The third kappa shape index (κ3) is 3.88. The first-order valence-electron chi connectivity index (χ1n) is 15.6. The summed E-state index contributed by atoms with van der Waals surface area (Å²) in [5.41, 5.74) is 18.1. The van der Waals surface area contributed by atoms with E-state index in [0.29, 0.717) is 11.1 Å². The molecule has 0 N–H and O–H groups in total. The SMILES string of the molecule is CC1=Cc2cc3c(cc2C1[Si](C)(C)C1C(C)=Cc2cc4c(cc21)C(C)(C)CCC4(C)C)C(C)(C)CCC3(C)C. The van der Waals surface area contributed by atoms with Gasteiger partial charge in [0.1, 0.15) is 0 Å². The van der Waals surface area contributed by atoms with Gasteiger partial charge in [-0.25, -0.2) is 0 Å². The van der Waals surface area contributed by atoms with Crippen LogP contribution in [0.4, 0.5) is 0 Å². The van der Waals surface area contributed by atoms with Crippen LogP contribution in [0.15, 0.2) is 35.4 Å². The van der Waals surface area contributed by atoms with E-state index in [0.717, 1.165) is 0 Å². The fourth-order valence-corrected chi connectivity index (χ4v) is 14.3. The van der Waals surface area contributed by atoms with E-state index < -0.39 is 8.07 Å². The first kappa shape index (κ1) is 27.3. The zero-order chi connectivity index (χ0) is 28.5. The molecule has 2 aromatic rings. The van der Waals surface area contributed by atoms with E-state index in [1.54, 1.807) is 44.5 Å². The first-order chi connectivity index (χ1) is 17.9. The Balaban J connectivity index is 1.49. The second kappa shape index (κ2) is 8.12. The Morgan fingerprint density at radius 3 is 1.10 bits per heavy atom. The molecule has 0 bridgehead atoms. The van der Waals surface area contributed by atoms with Gasteiger partial charge in [0.2, 0.25) is 0 Å². The lowest BCUT2D eigenvalue weighted by molar-refractivity contribution is 0.331. The number of allylic oxidation sites excluding steroid dienone is 2. The third-order valence-corrected chi connectivity index (χ3v) is 16.4. The van der Waals surface area contributed by atoms with Gasteiger partial charge in [0.05, 0.1) is 8.07 Å². The van der Waals surface area contributed by atoms with Crippen molar-refractivity contribution in [2.75, 3.05) is 0 Å². The monoisotopic (exact) mass is 536 g/mol. The van der Waals surface area contributed by atoms with Crippen LogP contribution in [0.1, 0.15) is 151 Å². The Hall–Kier alpha value is -1.86. The lowest BCUT2D eigenvalue weighted by atomic mass is 9.62. The van der Waals surface area contributed by atoms with E-state index in [4.69, 9.17) is 0 Å². The Morgan fingerprint density at radius 1 is 0.513 bits per heavy atom. The van der Waals surface area contributed by atoms with Gasteiger partial charge in [-0.05, 0) is 106 Å². The highest BCUT2D eigenvalue weighted by molar-refractivity contribution is 6.81. The summed E-state index contributed by atoms with van der Waals surface area (Å²) < 4.78 is 0. The summed E-state index contributed by atoms with van der Waals surface area (Å²) in [4.78, 5) is 0. The molecule has 208 valence electrons. The van der Waals surface area contributed by atoms with Crippen LogP contribution in [0.5, 0.6) is 0 Å². The Labute approximate surface area is 240 Å². The minimum atomic E-state index is -1.86. The molecule has 39 heavy (non-hydrogen) atoms. The standard InChI is InChI=1S/C38H52Si/c1-23-17-25-19-29-31(37(7,8)15-13-35(29,3)4)21-27(25)33(23)39(11,12)34-24(2)18-26-20-30-32(22-28(26)34)38(9,10)16-14-36(30,5)6/h17-22,33-34H,13-16H2,1-12H3. The minimum absolute atomic E-state index is 0.250. The quantitative estimate of drug-likeness (QED) is 0.335. The van der Waals surface area contributed by atoms with E-state index in [-0.39, 0.29) is 21.7 Å². The molecule has 0 aromatic heterocycles. The predicted molar refractivity (Wildman–Crippen MR) is 174 cm³/mol. The highest BCUT2D eigenvalue weighted by Crippen LogP contribution is 2.56. The van der Waals surface area contributed by atoms with Crippen molar-refractivity contribution in [2.45, 2.75) is 141 Å². The number of hydrogen-bond donors (Lipinski definition) is 0. The van der Waals surface area contributed by atoms with E-state index in [1.807, 2.05) is 0 Å². The average molecular weight is 537 g/mol. The van der Waals surface area contributed by atoms with Gasteiger partial charge in [0.25, 0.3) is 0 Å². The van der Waals surface area contributed by atoms with Crippen LogP contribution in [0, 0.1) is 0 Å². The molecule has 2 unspecified atom stereocenters. The first-order valence-corrected chi connectivity index (χ1v) is 18.8. The molecule has 0 spiro atoms. The number of hydrogen-bond acceptors (Lipinski definition) is 0. The normalized spacial score (nSPS) is 27.2. The number of rotatable bonds is 2. The maximum atomic E-state index is 2.70. The maximum absolute atomic E-state index is 2.70. The molecule has 2 aromatic carbocycles. The second-order valence-electron chi connectivity index (χ2n) is 17.1. The van der Waals surface area contributed by atoms with Gasteiger partial charge < -0.3 is 0 Å². The summed E-state index contributed by atoms with van der Waals surface area (Å²) in [5.74, 6) is 0. The second-order valence-corrected chi connectivity index (χ2v) is 21.9. The van der Waals surface area contributed by atoms with Crippen molar-refractivity contribution in [3.05, 3.63) is 79.9 Å². The smallest absolute Gasteiger partial charge is 0.0679 e. The fourth-order valence-electron chi connectivity index (χ4n) is 9.33. The molecule has 2 atom stereocenters. The van der Waals surface area contributed by atoms with Crippen molar-refractivity contribution in [3.63, 3.8) is 0 Å². The third-order valence-electron chi connectivity index (χ3n) is 11.9. The Kier molecular flexibility index (Phi) is 5.68. The molecule has 0 aliphatic heterocycles. The van der Waals surface area contributed by atoms with Gasteiger partial charge in [-0.15, -0.1) is 0 Å². The molecule has 0 fully saturated rings. The van der Waals surface area contributed by atoms with E-state index >= 15 is 0 Å². The maximum Gasteiger partial charge on any atom is 0.0722 e. The van der Waals surface area contributed by atoms with Crippen LogP contribution in [0.2, 0.25) is 13.1 Å². The van der Waals surface area contributed by atoms with Crippen molar-refractivity contribution < 1.29 is 0 Å². The molecule has 0 nitrogen and oxygen atoms in total. The van der Waals surface area contributed by atoms with Crippen molar-refractivity contribution in [2.24, 2.45) is 0 Å². The molecular weight excluding hydrogens is 485 g/mol. The van der Waals surface area contributed by atoms with Gasteiger partial charge in [-0.3, -0.25) is 0 Å². The molecule has 0 saturated carbocycles. The van der Waals surface area contributed by atoms with Crippen molar-refractivity contribution >= 4 is 20.2 Å². The molecule has 0 radical (unpaired) electrons. The molecule has 4 aliphatic rings. The lowest BCUT2D eigenvalue weighted by Gasteiger charge is -2.44. The molecule has 0 amide bonds. The summed E-state index contributed by atoms with van der Waals surface area (Å²) in [6, 6.07) is 10.6. The summed E-state index contributed by atoms with van der Waals surface area (Å²) in [5, 5.41) is 0. The molecular formula is C38H52Si. The van der Waals surface area contributed by atoms with Gasteiger partial charge in [0, 0.05) is 11.1 Å². The zero-order valence-corrected chi connectivity index (χ0v) is 27.9. The topological polar surface area (TPSA) is 0 Å². The molecule has 1 heteroatoms. The summed E-state index contributed by atoms with van der Waals surface area (Å²) >= 11 is 0. The van der Waals surface area contributed by atoms with Crippen LogP contribution in [0.3, 0.4) is 0 Å².